The van der Waals surface area contributed by atoms with Crippen molar-refractivity contribution in [1.82, 2.24) is 20.9 Å². The third-order valence-corrected chi connectivity index (χ3v) is 7.02. The van der Waals surface area contributed by atoms with Gasteiger partial charge in [-0.15, -0.1) is 0 Å². The van der Waals surface area contributed by atoms with Crippen LogP contribution in [0.15, 0.2) is 18.2 Å². The molecule has 8 heteroatoms. The maximum absolute atomic E-state index is 13.0. The first kappa shape index (κ1) is 19.4. The van der Waals surface area contributed by atoms with Crippen LogP contribution in [0, 0.1) is 5.92 Å². The lowest BCUT2D eigenvalue weighted by Crippen LogP contribution is -2.54. The van der Waals surface area contributed by atoms with E-state index in [0.717, 1.165) is 23.6 Å². The van der Waals surface area contributed by atoms with E-state index in [9.17, 15) is 19.2 Å². The largest absolute Gasteiger partial charge is 0.316 e. The van der Waals surface area contributed by atoms with Gasteiger partial charge in [-0.05, 0) is 68.8 Å². The van der Waals surface area contributed by atoms with E-state index >= 15 is 0 Å². The second-order valence-electron chi connectivity index (χ2n) is 8.88. The summed E-state index contributed by atoms with van der Waals surface area (Å²) in [6.07, 6.45) is 5.08. The fourth-order valence-electron chi connectivity index (χ4n) is 5.09. The van der Waals surface area contributed by atoms with Crippen LogP contribution in [0.3, 0.4) is 0 Å². The SMILES string of the molecule is O=C1CCC(N2C(=O)c3ccc(CNC4(C5CCCNC5)CC4)cc3C2=O)C(=O)N1. The summed E-state index contributed by atoms with van der Waals surface area (Å²) in [5, 5.41) is 9.41. The van der Waals surface area contributed by atoms with Crippen molar-refractivity contribution in [1.29, 1.82) is 0 Å². The Bertz CT molecular complexity index is 933. The zero-order valence-electron chi connectivity index (χ0n) is 16.8. The van der Waals surface area contributed by atoms with Crippen LogP contribution in [0.1, 0.15) is 64.8 Å². The Kier molecular flexibility index (Phi) is 4.71. The van der Waals surface area contributed by atoms with Crippen LogP contribution in [-0.4, -0.2) is 53.2 Å². The summed E-state index contributed by atoms with van der Waals surface area (Å²) in [7, 11) is 0. The number of hydrogen-bond acceptors (Lipinski definition) is 6. The fraction of sp³-hybridized carbons (Fsp3) is 0.545. The number of imide groups is 2. The summed E-state index contributed by atoms with van der Waals surface area (Å²) in [6.45, 7) is 2.78. The smallest absolute Gasteiger partial charge is 0.262 e. The van der Waals surface area contributed by atoms with Crippen LogP contribution in [0.2, 0.25) is 0 Å². The summed E-state index contributed by atoms with van der Waals surface area (Å²) >= 11 is 0. The van der Waals surface area contributed by atoms with E-state index in [1.165, 1.54) is 25.7 Å². The van der Waals surface area contributed by atoms with E-state index < -0.39 is 23.8 Å². The number of amides is 4. The van der Waals surface area contributed by atoms with Gasteiger partial charge in [-0.25, -0.2) is 0 Å². The molecule has 0 spiro atoms. The molecule has 4 amide bonds. The number of rotatable bonds is 5. The minimum absolute atomic E-state index is 0.122. The predicted octanol–water partition coefficient (Wildman–Crippen LogP) is 0.710. The quantitative estimate of drug-likeness (QED) is 0.617. The molecule has 1 saturated carbocycles. The van der Waals surface area contributed by atoms with Gasteiger partial charge in [-0.3, -0.25) is 29.4 Å². The maximum Gasteiger partial charge on any atom is 0.262 e. The minimum atomic E-state index is -0.926. The van der Waals surface area contributed by atoms with E-state index in [-0.39, 0.29) is 24.3 Å². The highest BCUT2D eigenvalue weighted by molar-refractivity contribution is 6.23. The van der Waals surface area contributed by atoms with Crippen molar-refractivity contribution in [3.63, 3.8) is 0 Å². The van der Waals surface area contributed by atoms with Crippen LogP contribution in [0.25, 0.3) is 0 Å². The molecule has 4 aliphatic rings. The Balaban J connectivity index is 1.30. The van der Waals surface area contributed by atoms with Crippen LogP contribution in [0.4, 0.5) is 0 Å². The summed E-state index contributed by atoms with van der Waals surface area (Å²) < 4.78 is 0. The minimum Gasteiger partial charge on any atom is -0.316 e. The number of benzene rings is 1. The number of piperidine rings is 2. The van der Waals surface area contributed by atoms with Gasteiger partial charge in [0.1, 0.15) is 6.04 Å². The van der Waals surface area contributed by atoms with Gasteiger partial charge in [0.15, 0.2) is 0 Å². The van der Waals surface area contributed by atoms with E-state index in [1.54, 1.807) is 12.1 Å². The maximum atomic E-state index is 13.0. The van der Waals surface area contributed by atoms with Crippen LogP contribution in [-0.2, 0) is 16.1 Å². The zero-order valence-corrected chi connectivity index (χ0v) is 16.8. The fourth-order valence-corrected chi connectivity index (χ4v) is 5.09. The molecule has 5 rings (SSSR count). The summed E-state index contributed by atoms with van der Waals surface area (Å²) in [4.78, 5) is 50.3. The number of nitrogens with zero attached hydrogens (tertiary/aromatic N) is 1. The van der Waals surface area contributed by atoms with Crippen molar-refractivity contribution >= 4 is 23.6 Å². The lowest BCUT2D eigenvalue weighted by Gasteiger charge is -2.32. The molecule has 2 atom stereocenters. The van der Waals surface area contributed by atoms with Gasteiger partial charge < -0.3 is 10.6 Å². The zero-order chi connectivity index (χ0) is 20.9. The van der Waals surface area contributed by atoms with Crippen LogP contribution in [0.5, 0.6) is 0 Å². The average Bonchev–Trinajstić information content (AvgIpc) is 3.51. The van der Waals surface area contributed by atoms with Gasteiger partial charge in [-0.2, -0.15) is 0 Å². The highest BCUT2D eigenvalue weighted by atomic mass is 16.2. The first-order valence-electron chi connectivity index (χ1n) is 10.8. The van der Waals surface area contributed by atoms with Crippen molar-refractivity contribution < 1.29 is 19.2 Å². The highest BCUT2D eigenvalue weighted by Crippen LogP contribution is 2.45. The Morgan fingerprint density at radius 1 is 1.07 bits per heavy atom. The van der Waals surface area contributed by atoms with Crippen LogP contribution >= 0.6 is 0 Å². The molecule has 0 bridgehead atoms. The van der Waals surface area contributed by atoms with Crippen molar-refractivity contribution in [3.05, 3.63) is 34.9 Å². The topological polar surface area (TPSA) is 108 Å². The molecule has 1 aromatic carbocycles. The van der Waals surface area contributed by atoms with Crippen molar-refractivity contribution in [2.45, 2.75) is 56.7 Å². The van der Waals surface area contributed by atoms with Crippen LogP contribution < -0.4 is 16.0 Å². The van der Waals surface area contributed by atoms with Crippen molar-refractivity contribution in [2.75, 3.05) is 13.1 Å². The molecule has 3 aliphatic heterocycles. The van der Waals surface area contributed by atoms with Crippen molar-refractivity contribution in [3.8, 4) is 0 Å². The molecule has 3 fully saturated rings. The molecule has 30 heavy (non-hydrogen) atoms. The standard InChI is InChI=1S/C22H26N4O4/c27-18-6-5-17(19(28)25-18)26-20(29)15-4-3-13(10-16(15)21(26)30)11-24-22(7-8-22)14-2-1-9-23-12-14/h3-4,10,14,17,23-24H,1-2,5-9,11-12H2,(H,25,27,28). The number of carbonyl (C=O) groups excluding carboxylic acids is 4. The molecule has 2 unspecified atom stereocenters. The third-order valence-electron chi connectivity index (χ3n) is 7.02. The normalized spacial score (nSPS) is 27.8. The summed E-state index contributed by atoms with van der Waals surface area (Å²) in [6, 6.07) is 4.40. The summed E-state index contributed by atoms with van der Waals surface area (Å²) in [5.74, 6) is -1.24. The molecule has 3 N–H and O–H groups in total. The predicted molar refractivity (Wildman–Crippen MR) is 108 cm³/mol. The Labute approximate surface area is 174 Å². The van der Waals surface area contributed by atoms with Gasteiger partial charge in [0.05, 0.1) is 11.1 Å². The van der Waals surface area contributed by atoms with Gasteiger partial charge in [0.2, 0.25) is 11.8 Å². The lowest BCUT2D eigenvalue weighted by molar-refractivity contribution is -0.136. The average molecular weight is 410 g/mol. The molecule has 8 nitrogen and oxygen atoms in total. The van der Waals surface area contributed by atoms with E-state index in [0.29, 0.717) is 23.6 Å². The first-order chi connectivity index (χ1) is 14.5. The van der Waals surface area contributed by atoms with Crippen molar-refractivity contribution in [2.24, 2.45) is 5.92 Å². The van der Waals surface area contributed by atoms with Gasteiger partial charge in [0, 0.05) is 18.5 Å². The number of nitrogens with one attached hydrogen (secondary N) is 3. The molecule has 2 saturated heterocycles. The molecule has 1 aliphatic carbocycles. The number of fused-ring (bicyclic) bond motifs is 1. The first-order valence-corrected chi connectivity index (χ1v) is 10.8. The highest BCUT2D eigenvalue weighted by Gasteiger charge is 2.49. The number of carbonyl (C=O) groups is 4. The second kappa shape index (κ2) is 7.28. The second-order valence-corrected chi connectivity index (χ2v) is 8.88. The molecule has 0 aromatic heterocycles. The molecule has 158 valence electrons. The summed E-state index contributed by atoms with van der Waals surface area (Å²) in [5.41, 5.74) is 1.81. The van der Waals surface area contributed by atoms with E-state index in [2.05, 4.69) is 16.0 Å². The number of hydrogen-bond donors (Lipinski definition) is 3. The molecular weight excluding hydrogens is 384 g/mol. The molecule has 3 heterocycles. The van der Waals surface area contributed by atoms with E-state index in [4.69, 9.17) is 0 Å². The molecule has 0 radical (unpaired) electrons. The molecular formula is C22H26N4O4. The Morgan fingerprint density at radius 3 is 2.57 bits per heavy atom. The van der Waals surface area contributed by atoms with Gasteiger partial charge in [-0.1, -0.05) is 6.07 Å². The van der Waals surface area contributed by atoms with E-state index in [1.807, 2.05) is 6.07 Å². The molecule has 1 aromatic rings. The third kappa shape index (κ3) is 3.24. The Morgan fingerprint density at radius 2 is 1.87 bits per heavy atom. The lowest BCUT2D eigenvalue weighted by atomic mass is 9.89. The van der Waals surface area contributed by atoms with Gasteiger partial charge in [0.25, 0.3) is 11.8 Å². The Hall–Kier alpha value is -2.58. The monoisotopic (exact) mass is 410 g/mol. The van der Waals surface area contributed by atoms with Gasteiger partial charge >= 0.3 is 0 Å².